The van der Waals surface area contributed by atoms with Crippen LogP contribution >= 0.6 is 0 Å². The number of hydrogen-bond acceptors (Lipinski definition) is 2. The first-order valence-corrected chi connectivity index (χ1v) is 5.98. The molecule has 2 heteroatoms. The Balaban J connectivity index is 2.51. The van der Waals surface area contributed by atoms with Crippen molar-refractivity contribution in [1.29, 1.82) is 0 Å². The van der Waals surface area contributed by atoms with Crippen molar-refractivity contribution < 1.29 is 5.11 Å². The van der Waals surface area contributed by atoms with E-state index in [1.165, 1.54) is 10.8 Å². The zero-order chi connectivity index (χ0) is 13.0. The SMILES string of the molecule is C/C=C(O)\C=C\c1cc2ccccc2cc1NC. The van der Waals surface area contributed by atoms with E-state index in [4.69, 9.17) is 0 Å². The van der Waals surface area contributed by atoms with Crippen LogP contribution in [0.4, 0.5) is 5.69 Å². The summed E-state index contributed by atoms with van der Waals surface area (Å²) < 4.78 is 0. The summed E-state index contributed by atoms with van der Waals surface area (Å²) in [4.78, 5) is 0. The van der Waals surface area contributed by atoms with Crippen LogP contribution in [0.25, 0.3) is 16.8 Å². The number of nitrogens with one attached hydrogen (secondary N) is 1. The van der Waals surface area contributed by atoms with Gasteiger partial charge in [-0.3, -0.25) is 0 Å². The molecule has 0 spiro atoms. The Morgan fingerprint density at radius 2 is 1.83 bits per heavy atom. The van der Waals surface area contributed by atoms with E-state index in [0.29, 0.717) is 0 Å². The van der Waals surface area contributed by atoms with Crippen molar-refractivity contribution in [2.24, 2.45) is 0 Å². The van der Waals surface area contributed by atoms with Gasteiger partial charge in [0.1, 0.15) is 5.76 Å². The lowest BCUT2D eigenvalue weighted by molar-refractivity contribution is 0.432. The predicted octanol–water partition coefficient (Wildman–Crippen LogP) is 4.36. The number of allylic oxidation sites excluding steroid dienone is 2. The van der Waals surface area contributed by atoms with E-state index in [-0.39, 0.29) is 5.76 Å². The molecule has 92 valence electrons. The van der Waals surface area contributed by atoms with Crippen molar-refractivity contribution in [3.8, 4) is 0 Å². The van der Waals surface area contributed by atoms with Crippen LogP contribution in [0.2, 0.25) is 0 Å². The second-order valence-electron chi connectivity index (χ2n) is 4.08. The number of rotatable bonds is 3. The van der Waals surface area contributed by atoms with Gasteiger partial charge in [0.15, 0.2) is 0 Å². The van der Waals surface area contributed by atoms with Gasteiger partial charge in [0.25, 0.3) is 0 Å². The molecule has 2 nitrogen and oxygen atoms in total. The third-order valence-corrected chi connectivity index (χ3v) is 2.92. The van der Waals surface area contributed by atoms with Crippen LogP contribution in [0.1, 0.15) is 12.5 Å². The second kappa shape index (κ2) is 5.41. The molecule has 0 aliphatic heterocycles. The largest absolute Gasteiger partial charge is 0.508 e. The maximum Gasteiger partial charge on any atom is 0.111 e. The summed E-state index contributed by atoms with van der Waals surface area (Å²) >= 11 is 0. The molecule has 0 aliphatic carbocycles. The average molecular weight is 239 g/mol. The van der Waals surface area contributed by atoms with Crippen LogP contribution in [0.5, 0.6) is 0 Å². The quantitative estimate of drug-likeness (QED) is 0.616. The molecule has 0 aromatic heterocycles. The van der Waals surface area contributed by atoms with Crippen molar-refractivity contribution in [2.45, 2.75) is 6.92 Å². The van der Waals surface area contributed by atoms with Crippen LogP contribution < -0.4 is 5.32 Å². The van der Waals surface area contributed by atoms with E-state index < -0.39 is 0 Å². The number of aliphatic hydroxyl groups excluding tert-OH is 1. The van der Waals surface area contributed by atoms with Crippen molar-refractivity contribution >= 4 is 22.5 Å². The molecule has 0 aliphatic rings. The molecule has 0 atom stereocenters. The van der Waals surface area contributed by atoms with E-state index in [2.05, 4.69) is 29.6 Å². The number of anilines is 1. The Morgan fingerprint density at radius 1 is 1.17 bits per heavy atom. The van der Waals surface area contributed by atoms with Gasteiger partial charge in [-0.2, -0.15) is 0 Å². The molecule has 0 bridgehead atoms. The maximum absolute atomic E-state index is 9.45. The average Bonchev–Trinajstić information content (AvgIpc) is 2.43. The number of benzene rings is 2. The van der Waals surface area contributed by atoms with Crippen molar-refractivity contribution in [3.63, 3.8) is 0 Å². The third-order valence-electron chi connectivity index (χ3n) is 2.92. The maximum atomic E-state index is 9.45. The fourth-order valence-electron chi connectivity index (χ4n) is 1.88. The van der Waals surface area contributed by atoms with Gasteiger partial charge < -0.3 is 10.4 Å². The highest BCUT2D eigenvalue weighted by molar-refractivity contribution is 5.90. The van der Waals surface area contributed by atoms with Crippen LogP contribution in [-0.4, -0.2) is 12.2 Å². The Bertz CT molecular complexity index is 612. The Morgan fingerprint density at radius 3 is 2.44 bits per heavy atom. The molecule has 0 radical (unpaired) electrons. The molecular weight excluding hydrogens is 222 g/mol. The summed E-state index contributed by atoms with van der Waals surface area (Å²) in [6.45, 7) is 1.80. The molecular formula is C16H17NO. The Hall–Kier alpha value is -2.22. The van der Waals surface area contributed by atoms with E-state index in [0.717, 1.165) is 11.3 Å². The molecule has 0 saturated heterocycles. The second-order valence-corrected chi connectivity index (χ2v) is 4.08. The first-order chi connectivity index (χ1) is 8.74. The molecule has 2 aromatic rings. The molecule has 2 N–H and O–H groups in total. The van der Waals surface area contributed by atoms with Crippen LogP contribution in [-0.2, 0) is 0 Å². The zero-order valence-electron chi connectivity index (χ0n) is 10.6. The summed E-state index contributed by atoms with van der Waals surface area (Å²) in [5.74, 6) is 0.269. The fraction of sp³-hybridized carbons (Fsp3) is 0.125. The topological polar surface area (TPSA) is 32.3 Å². The first-order valence-electron chi connectivity index (χ1n) is 5.98. The van der Waals surface area contributed by atoms with Crippen molar-refractivity contribution in [3.05, 3.63) is 59.9 Å². The standard InChI is InChI=1S/C16H17NO/c1-3-15(18)9-8-14-10-12-6-4-5-7-13(12)11-16(14)17-2/h3-11,17-18H,1-2H3/b9-8+,15-3+. The molecule has 0 unspecified atom stereocenters. The van der Waals surface area contributed by atoms with Crippen LogP contribution in [0.3, 0.4) is 0 Å². The van der Waals surface area contributed by atoms with Gasteiger partial charge >= 0.3 is 0 Å². The number of hydrogen-bond donors (Lipinski definition) is 2. The zero-order valence-corrected chi connectivity index (χ0v) is 10.6. The highest BCUT2D eigenvalue weighted by Gasteiger charge is 2.00. The van der Waals surface area contributed by atoms with Gasteiger partial charge in [0.2, 0.25) is 0 Å². The molecule has 2 aromatic carbocycles. The lowest BCUT2D eigenvalue weighted by Gasteiger charge is -2.08. The van der Waals surface area contributed by atoms with E-state index in [1.54, 1.807) is 19.1 Å². The lowest BCUT2D eigenvalue weighted by Crippen LogP contribution is -1.91. The molecule has 18 heavy (non-hydrogen) atoms. The summed E-state index contributed by atoms with van der Waals surface area (Å²) in [7, 11) is 1.90. The summed E-state index contributed by atoms with van der Waals surface area (Å²) in [5.41, 5.74) is 2.11. The molecule has 0 heterocycles. The monoisotopic (exact) mass is 239 g/mol. The normalized spacial score (nSPS) is 12.2. The Labute approximate surface area is 107 Å². The summed E-state index contributed by atoms with van der Waals surface area (Å²) in [6.07, 6.45) is 5.27. The number of aliphatic hydroxyl groups is 1. The highest BCUT2D eigenvalue weighted by Crippen LogP contribution is 2.25. The van der Waals surface area contributed by atoms with Crippen molar-refractivity contribution in [1.82, 2.24) is 0 Å². The highest BCUT2D eigenvalue weighted by atomic mass is 16.3. The lowest BCUT2D eigenvalue weighted by atomic mass is 10.0. The molecule has 0 saturated carbocycles. The third kappa shape index (κ3) is 2.54. The van der Waals surface area contributed by atoms with Gasteiger partial charge in [-0.25, -0.2) is 0 Å². The van der Waals surface area contributed by atoms with Crippen LogP contribution in [0.15, 0.2) is 54.3 Å². The summed E-state index contributed by atoms with van der Waals surface area (Å²) in [6, 6.07) is 12.5. The van der Waals surface area contributed by atoms with Gasteiger partial charge in [-0.15, -0.1) is 0 Å². The van der Waals surface area contributed by atoms with Crippen molar-refractivity contribution in [2.75, 3.05) is 12.4 Å². The molecule has 0 fully saturated rings. The minimum absolute atomic E-state index is 0.269. The molecule has 2 rings (SSSR count). The van der Waals surface area contributed by atoms with Gasteiger partial charge in [0.05, 0.1) is 0 Å². The predicted molar refractivity (Wildman–Crippen MR) is 78.9 cm³/mol. The van der Waals surface area contributed by atoms with Gasteiger partial charge in [-0.1, -0.05) is 24.3 Å². The van der Waals surface area contributed by atoms with E-state index in [1.807, 2.05) is 25.3 Å². The van der Waals surface area contributed by atoms with E-state index in [9.17, 15) is 5.11 Å². The smallest absolute Gasteiger partial charge is 0.111 e. The molecule has 0 amide bonds. The fourth-order valence-corrected chi connectivity index (χ4v) is 1.88. The summed E-state index contributed by atoms with van der Waals surface area (Å²) in [5, 5.41) is 15.0. The van der Waals surface area contributed by atoms with Gasteiger partial charge in [-0.05, 0) is 53.6 Å². The minimum atomic E-state index is 0.269. The first kappa shape index (κ1) is 12.2. The Kier molecular flexibility index (Phi) is 3.68. The van der Waals surface area contributed by atoms with Gasteiger partial charge in [0, 0.05) is 12.7 Å². The number of fused-ring (bicyclic) bond motifs is 1. The minimum Gasteiger partial charge on any atom is -0.508 e. The van der Waals surface area contributed by atoms with E-state index >= 15 is 0 Å². The van der Waals surface area contributed by atoms with Crippen LogP contribution in [0, 0.1) is 0 Å².